The van der Waals surface area contributed by atoms with Gasteiger partial charge in [0.05, 0.1) is 17.7 Å². The van der Waals surface area contributed by atoms with Crippen LogP contribution in [0.2, 0.25) is 5.02 Å². The van der Waals surface area contributed by atoms with Crippen LogP contribution < -0.4 is 9.47 Å². The molecule has 2 aromatic rings. The summed E-state index contributed by atoms with van der Waals surface area (Å²) in [5, 5.41) is 9.49. The van der Waals surface area contributed by atoms with Gasteiger partial charge in [0, 0.05) is 61.6 Å². The van der Waals surface area contributed by atoms with Gasteiger partial charge in [0.2, 0.25) is 0 Å². The third-order valence-electron chi connectivity index (χ3n) is 8.92. The number of hydrogen-bond donors (Lipinski definition) is 1. The summed E-state index contributed by atoms with van der Waals surface area (Å²) in [7, 11) is 3.21. The van der Waals surface area contributed by atoms with E-state index in [4.69, 9.17) is 25.8 Å². The van der Waals surface area contributed by atoms with E-state index in [1.165, 1.54) is 19.2 Å². The second-order valence-corrected chi connectivity index (χ2v) is 14.3. The lowest BCUT2D eigenvalue weighted by Gasteiger charge is -2.49. The molecule has 8 nitrogen and oxygen atoms in total. The first kappa shape index (κ1) is 32.8. The van der Waals surface area contributed by atoms with E-state index < -0.39 is 11.9 Å². The molecule has 0 amide bonds. The molecule has 240 valence electrons. The number of methoxy groups -OCH3 is 2. The van der Waals surface area contributed by atoms with Gasteiger partial charge >= 0.3 is 5.97 Å². The van der Waals surface area contributed by atoms with Gasteiger partial charge in [0.15, 0.2) is 23.1 Å². The summed E-state index contributed by atoms with van der Waals surface area (Å²) in [6, 6.07) is 10.0. The van der Waals surface area contributed by atoms with Crippen LogP contribution in [0.15, 0.2) is 58.9 Å². The first-order chi connectivity index (χ1) is 21.2. The number of halogens is 1. The first-order valence-electron chi connectivity index (χ1n) is 15.4. The number of carboxylic acids is 1. The number of Topliss-reactive ketones (excluding diaryl/α,β-unsaturated/α-hetero) is 2. The maximum Gasteiger partial charge on any atom is 0.335 e. The summed E-state index contributed by atoms with van der Waals surface area (Å²) in [6.07, 6.45) is 2.99. The predicted molar refractivity (Wildman–Crippen MR) is 172 cm³/mol. The maximum atomic E-state index is 14.1. The molecule has 3 aliphatic rings. The topological polar surface area (TPSA) is 102 Å². The molecule has 0 bridgehead atoms. The number of allylic oxidation sites excluding steroid dienone is 4. The zero-order chi connectivity index (χ0) is 32.7. The number of carbonyl (C=O) groups excluding carboxylic acids is 2. The van der Waals surface area contributed by atoms with Crippen molar-refractivity contribution in [2.24, 2.45) is 10.8 Å². The Morgan fingerprint density at radius 2 is 1.51 bits per heavy atom. The van der Waals surface area contributed by atoms with Crippen molar-refractivity contribution in [2.75, 3.05) is 27.4 Å². The van der Waals surface area contributed by atoms with E-state index >= 15 is 0 Å². The van der Waals surface area contributed by atoms with Crippen LogP contribution >= 0.6 is 11.6 Å². The molecule has 2 aromatic carbocycles. The Balaban J connectivity index is 1.60. The molecule has 1 aliphatic heterocycles. The Morgan fingerprint density at radius 1 is 0.933 bits per heavy atom. The first-order valence-corrected chi connectivity index (χ1v) is 15.7. The van der Waals surface area contributed by atoms with Gasteiger partial charge < -0.3 is 24.2 Å². The number of rotatable bonds is 10. The van der Waals surface area contributed by atoms with Gasteiger partial charge in [-0.1, -0.05) is 51.4 Å². The third kappa shape index (κ3) is 6.68. The van der Waals surface area contributed by atoms with Crippen molar-refractivity contribution in [3.63, 3.8) is 0 Å². The van der Waals surface area contributed by atoms with Crippen LogP contribution in [-0.4, -0.2) is 54.9 Å². The van der Waals surface area contributed by atoms with E-state index in [1.54, 1.807) is 25.3 Å². The molecular weight excluding hydrogens is 594 g/mol. The molecule has 1 N–H and O–H groups in total. The Labute approximate surface area is 270 Å². The quantitative estimate of drug-likeness (QED) is 0.270. The lowest BCUT2D eigenvalue weighted by molar-refractivity contribution is -0.119. The smallest absolute Gasteiger partial charge is 0.335 e. The molecule has 0 saturated carbocycles. The second kappa shape index (κ2) is 12.6. The zero-order valence-corrected chi connectivity index (χ0v) is 27.7. The number of nitrogens with zero attached hydrogens (tertiary/aromatic N) is 1. The summed E-state index contributed by atoms with van der Waals surface area (Å²) < 4.78 is 17.2. The molecule has 0 radical (unpaired) electrons. The fourth-order valence-corrected chi connectivity index (χ4v) is 7.24. The SMILES string of the molecule is COCCCN1C2=C(C(=O)CC(C)(C)C2)C(c2cc(Cl)c(OCc3ccc(C(=O)O)cc3)c(OC)c2)C2=C1CC(C)(C)CC2=O. The van der Waals surface area contributed by atoms with Crippen LogP contribution in [0, 0.1) is 10.8 Å². The summed E-state index contributed by atoms with van der Waals surface area (Å²) in [4.78, 5) is 41.6. The summed E-state index contributed by atoms with van der Waals surface area (Å²) in [5.41, 5.74) is 4.54. The third-order valence-corrected chi connectivity index (χ3v) is 9.20. The highest BCUT2D eigenvalue weighted by Crippen LogP contribution is 2.55. The summed E-state index contributed by atoms with van der Waals surface area (Å²) in [6.45, 7) is 9.88. The number of hydrogen-bond acceptors (Lipinski definition) is 7. The van der Waals surface area contributed by atoms with Gasteiger partial charge in [-0.25, -0.2) is 4.79 Å². The lowest BCUT2D eigenvalue weighted by Crippen LogP contribution is -2.44. The van der Waals surface area contributed by atoms with Crippen LogP contribution in [0.25, 0.3) is 0 Å². The molecule has 2 aliphatic carbocycles. The number of carbonyl (C=O) groups is 3. The number of ether oxygens (including phenoxy) is 3. The van der Waals surface area contributed by atoms with E-state index in [2.05, 4.69) is 32.6 Å². The van der Waals surface area contributed by atoms with Gasteiger partial charge in [0.25, 0.3) is 0 Å². The molecule has 5 rings (SSSR count). The molecule has 0 atom stereocenters. The number of ketones is 2. The zero-order valence-electron chi connectivity index (χ0n) is 26.9. The Hall–Kier alpha value is -3.62. The summed E-state index contributed by atoms with van der Waals surface area (Å²) >= 11 is 6.88. The normalized spacial score (nSPS) is 19.4. The fourth-order valence-electron chi connectivity index (χ4n) is 6.96. The molecule has 0 spiro atoms. The van der Waals surface area contributed by atoms with Crippen molar-refractivity contribution >= 4 is 29.1 Å². The highest BCUT2D eigenvalue weighted by molar-refractivity contribution is 6.32. The van der Waals surface area contributed by atoms with Crippen molar-refractivity contribution in [2.45, 2.75) is 72.3 Å². The van der Waals surface area contributed by atoms with E-state index in [1.807, 2.05) is 6.07 Å². The minimum absolute atomic E-state index is 0.0485. The minimum atomic E-state index is -1.000. The number of benzene rings is 2. The van der Waals surface area contributed by atoms with E-state index in [9.17, 15) is 19.5 Å². The number of aromatic carboxylic acids is 1. The van der Waals surface area contributed by atoms with E-state index in [0.29, 0.717) is 59.2 Å². The van der Waals surface area contributed by atoms with Gasteiger partial charge in [-0.05, 0) is 65.5 Å². The van der Waals surface area contributed by atoms with Gasteiger partial charge in [-0.2, -0.15) is 0 Å². The van der Waals surface area contributed by atoms with Crippen molar-refractivity contribution in [3.05, 3.63) is 80.7 Å². The molecule has 0 fully saturated rings. The standard InChI is InChI=1S/C36H42ClNO7/c1-35(2)16-25-31(27(39)18-35)30(32-26(38(25)12-7-13-43-5)17-36(3,4)19-28(32)40)23-14-24(37)33(29(15-23)44-6)45-20-21-8-10-22(11-9-21)34(41)42/h8-11,14-15,30H,7,12-13,16-20H2,1-6H3,(H,41,42). The average molecular weight is 636 g/mol. The molecule has 0 unspecified atom stereocenters. The molecule has 1 heterocycles. The van der Waals surface area contributed by atoms with Crippen molar-refractivity contribution < 1.29 is 33.7 Å². The summed E-state index contributed by atoms with van der Waals surface area (Å²) in [5.74, 6) is -0.749. The van der Waals surface area contributed by atoms with Crippen LogP contribution in [0.1, 0.15) is 87.2 Å². The van der Waals surface area contributed by atoms with Gasteiger partial charge in [0.1, 0.15) is 6.61 Å². The highest BCUT2D eigenvalue weighted by atomic mass is 35.5. The monoisotopic (exact) mass is 635 g/mol. The maximum absolute atomic E-state index is 14.1. The molecule has 0 aromatic heterocycles. The van der Waals surface area contributed by atoms with E-state index in [0.717, 1.165) is 36.2 Å². The second-order valence-electron chi connectivity index (χ2n) is 13.9. The molecule has 9 heteroatoms. The van der Waals surface area contributed by atoms with Crippen molar-refractivity contribution in [3.8, 4) is 11.5 Å². The predicted octanol–water partition coefficient (Wildman–Crippen LogP) is 7.35. The molecule has 0 saturated heterocycles. The Kier molecular flexibility index (Phi) is 9.20. The fraction of sp³-hybridized carbons (Fsp3) is 0.472. The highest BCUT2D eigenvalue weighted by Gasteiger charge is 2.49. The van der Waals surface area contributed by atoms with Crippen molar-refractivity contribution in [1.29, 1.82) is 0 Å². The minimum Gasteiger partial charge on any atom is -0.493 e. The lowest BCUT2D eigenvalue weighted by atomic mass is 9.63. The van der Waals surface area contributed by atoms with Crippen LogP contribution in [0.4, 0.5) is 0 Å². The van der Waals surface area contributed by atoms with Crippen LogP contribution in [0.3, 0.4) is 0 Å². The number of carboxylic acid groups (broad SMARTS) is 1. The van der Waals surface area contributed by atoms with Crippen LogP contribution in [-0.2, 0) is 20.9 Å². The van der Waals surface area contributed by atoms with Gasteiger partial charge in [-0.3, -0.25) is 9.59 Å². The molecular formula is C36H42ClNO7. The van der Waals surface area contributed by atoms with Crippen molar-refractivity contribution in [1.82, 2.24) is 4.90 Å². The largest absolute Gasteiger partial charge is 0.493 e. The van der Waals surface area contributed by atoms with E-state index in [-0.39, 0.29) is 34.6 Å². The Morgan fingerprint density at radius 3 is 2.02 bits per heavy atom. The molecule has 45 heavy (non-hydrogen) atoms. The van der Waals surface area contributed by atoms with Crippen LogP contribution in [0.5, 0.6) is 11.5 Å². The van der Waals surface area contributed by atoms with Gasteiger partial charge in [-0.15, -0.1) is 0 Å². The average Bonchev–Trinajstić information content (AvgIpc) is 2.95. The Bertz CT molecular complexity index is 1530.